The predicted octanol–water partition coefficient (Wildman–Crippen LogP) is 2.63. The molecule has 3 rings (SSSR count). The van der Waals surface area contributed by atoms with Gasteiger partial charge in [-0.15, -0.1) is 11.3 Å². The lowest BCUT2D eigenvalue weighted by atomic mass is 10.3. The number of nitrogens with one attached hydrogen (secondary N) is 1. The first kappa shape index (κ1) is 12.0. The van der Waals surface area contributed by atoms with Crippen LogP contribution in [0.3, 0.4) is 0 Å². The van der Waals surface area contributed by atoms with Crippen LogP contribution in [0.25, 0.3) is 10.2 Å². The van der Waals surface area contributed by atoms with Crippen molar-refractivity contribution in [3.8, 4) is 0 Å². The first-order valence-electron chi connectivity index (χ1n) is 5.81. The largest absolute Gasteiger partial charge is 0.388 e. The monoisotopic (exact) mass is 272 g/mol. The van der Waals surface area contributed by atoms with Gasteiger partial charge >= 0.3 is 0 Å². The summed E-state index contributed by atoms with van der Waals surface area (Å²) in [5, 5.41) is 13.2. The summed E-state index contributed by atoms with van der Waals surface area (Å²) in [5.74, 6) is 1.06. The maximum atomic E-state index is 9.01. The lowest BCUT2D eigenvalue weighted by Gasteiger charge is -2.05. The molecule has 1 aromatic carbocycles. The van der Waals surface area contributed by atoms with Crippen LogP contribution in [-0.2, 0) is 6.61 Å². The average Bonchev–Trinajstić information content (AvgIpc) is 2.78. The number of hydrogen-bond acceptors (Lipinski definition) is 6. The van der Waals surface area contributed by atoms with E-state index in [4.69, 9.17) is 5.11 Å². The molecule has 0 atom stereocenters. The third kappa shape index (κ3) is 2.54. The van der Waals surface area contributed by atoms with Gasteiger partial charge in [-0.25, -0.2) is 15.0 Å². The number of hydrogen-bond donors (Lipinski definition) is 2. The number of aryl methyl sites for hydroxylation is 1. The molecule has 0 fully saturated rings. The highest BCUT2D eigenvalue weighted by molar-refractivity contribution is 7.18. The van der Waals surface area contributed by atoms with Crippen LogP contribution in [-0.4, -0.2) is 20.1 Å². The molecular formula is C13H12N4OS. The minimum absolute atomic E-state index is 0.167. The number of thiazole rings is 1. The molecule has 0 aliphatic carbocycles. The van der Waals surface area contributed by atoms with E-state index in [1.165, 1.54) is 4.70 Å². The van der Waals surface area contributed by atoms with Crippen molar-refractivity contribution >= 4 is 33.1 Å². The van der Waals surface area contributed by atoms with E-state index in [1.54, 1.807) is 23.6 Å². The van der Waals surface area contributed by atoms with Crippen molar-refractivity contribution < 1.29 is 5.11 Å². The van der Waals surface area contributed by atoms with Gasteiger partial charge in [-0.3, -0.25) is 0 Å². The van der Waals surface area contributed by atoms with Crippen LogP contribution in [0.4, 0.5) is 11.5 Å². The molecule has 0 radical (unpaired) electrons. The quantitative estimate of drug-likeness (QED) is 0.767. The first-order chi connectivity index (χ1) is 9.24. The molecule has 5 nitrogen and oxygen atoms in total. The van der Waals surface area contributed by atoms with Gasteiger partial charge in [-0.1, -0.05) is 0 Å². The molecule has 2 heterocycles. The molecule has 0 saturated heterocycles. The summed E-state index contributed by atoms with van der Waals surface area (Å²) in [6.45, 7) is 1.83. The van der Waals surface area contributed by atoms with E-state index in [0.29, 0.717) is 11.6 Å². The van der Waals surface area contributed by atoms with Gasteiger partial charge in [-0.05, 0) is 31.2 Å². The van der Waals surface area contributed by atoms with E-state index in [-0.39, 0.29) is 6.61 Å². The number of fused-ring (bicyclic) bond motifs is 1. The fraction of sp³-hybridized carbons (Fsp3) is 0.154. The van der Waals surface area contributed by atoms with Crippen molar-refractivity contribution in [3.05, 3.63) is 41.3 Å². The van der Waals surface area contributed by atoms with Crippen molar-refractivity contribution in [3.63, 3.8) is 0 Å². The van der Waals surface area contributed by atoms with Crippen molar-refractivity contribution in [2.45, 2.75) is 13.5 Å². The van der Waals surface area contributed by atoms with Crippen molar-refractivity contribution in [1.29, 1.82) is 0 Å². The second kappa shape index (κ2) is 4.91. The van der Waals surface area contributed by atoms with Crippen molar-refractivity contribution in [1.82, 2.24) is 15.0 Å². The number of aliphatic hydroxyl groups excluding tert-OH is 1. The first-order valence-corrected chi connectivity index (χ1v) is 6.63. The predicted molar refractivity (Wildman–Crippen MR) is 75.6 cm³/mol. The Labute approximate surface area is 114 Å². The highest BCUT2D eigenvalue weighted by Gasteiger charge is 2.03. The molecule has 3 aromatic rings. The van der Waals surface area contributed by atoms with Crippen LogP contribution >= 0.6 is 11.3 Å². The molecular weight excluding hydrogens is 260 g/mol. The maximum absolute atomic E-state index is 9.01. The zero-order chi connectivity index (χ0) is 13.2. The van der Waals surface area contributed by atoms with Crippen LogP contribution < -0.4 is 5.32 Å². The molecule has 96 valence electrons. The Balaban J connectivity index is 1.91. The molecule has 0 saturated carbocycles. The molecule has 0 bridgehead atoms. The minimum atomic E-state index is -0.167. The van der Waals surface area contributed by atoms with E-state index < -0.39 is 0 Å². The van der Waals surface area contributed by atoms with Gasteiger partial charge < -0.3 is 10.4 Å². The summed E-state index contributed by atoms with van der Waals surface area (Å²) < 4.78 is 1.17. The molecule has 19 heavy (non-hydrogen) atoms. The van der Waals surface area contributed by atoms with Crippen LogP contribution in [0, 0.1) is 6.92 Å². The molecule has 0 amide bonds. The fourth-order valence-electron chi connectivity index (χ4n) is 1.81. The van der Waals surface area contributed by atoms with E-state index >= 15 is 0 Å². The average molecular weight is 272 g/mol. The SMILES string of the molecule is Cc1nc2cc(Nc3ccnc(CO)n3)ccc2s1. The van der Waals surface area contributed by atoms with Crippen LogP contribution in [0.1, 0.15) is 10.8 Å². The summed E-state index contributed by atoms with van der Waals surface area (Å²) in [6, 6.07) is 7.77. The number of rotatable bonds is 3. The lowest BCUT2D eigenvalue weighted by molar-refractivity contribution is 0.271. The standard InChI is InChI=1S/C13H12N4OS/c1-8-15-10-6-9(2-3-11(10)19-8)16-12-4-5-14-13(7-18)17-12/h2-6,18H,7H2,1H3,(H,14,16,17). The van der Waals surface area contributed by atoms with Gasteiger partial charge in [0.1, 0.15) is 12.4 Å². The van der Waals surface area contributed by atoms with E-state index in [0.717, 1.165) is 16.2 Å². The maximum Gasteiger partial charge on any atom is 0.156 e. The Bertz CT molecular complexity index is 725. The van der Waals surface area contributed by atoms with E-state index in [9.17, 15) is 0 Å². The summed E-state index contributed by atoms with van der Waals surface area (Å²) in [7, 11) is 0. The number of benzene rings is 1. The summed E-state index contributed by atoms with van der Waals surface area (Å²) in [6.07, 6.45) is 1.62. The van der Waals surface area contributed by atoms with Gasteiger partial charge in [0, 0.05) is 11.9 Å². The van der Waals surface area contributed by atoms with Crippen molar-refractivity contribution in [2.24, 2.45) is 0 Å². The lowest BCUT2D eigenvalue weighted by Crippen LogP contribution is -1.99. The second-order valence-electron chi connectivity index (χ2n) is 4.06. The zero-order valence-corrected chi connectivity index (χ0v) is 11.1. The van der Waals surface area contributed by atoms with Gasteiger partial charge in [0.05, 0.1) is 15.2 Å². The highest BCUT2D eigenvalue weighted by atomic mass is 32.1. The van der Waals surface area contributed by atoms with E-state index in [1.807, 2.05) is 25.1 Å². The Morgan fingerprint density at radius 2 is 2.16 bits per heavy atom. The highest BCUT2D eigenvalue weighted by Crippen LogP contribution is 2.25. The Morgan fingerprint density at radius 3 is 3.00 bits per heavy atom. The van der Waals surface area contributed by atoms with Gasteiger partial charge in [-0.2, -0.15) is 0 Å². The Kier molecular flexibility index (Phi) is 3.10. The number of nitrogens with zero attached hydrogens (tertiary/aromatic N) is 3. The number of anilines is 2. The molecule has 0 aliphatic heterocycles. The number of aromatic nitrogens is 3. The molecule has 2 aromatic heterocycles. The molecule has 0 aliphatic rings. The summed E-state index contributed by atoms with van der Waals surface area (Å²) in [4.78, 5) is 12.6. The zero-order valence-electron chi connectivity index (χ0n) is 10.3. The third-order valence-corrected chi connectivity index (χ3v) is 3.57. The Hall–Kier alpha value is -2.05. The topological polar surface area (TPSA) is 70.9 Å². The third-order valence-electron chi connectivity index (χ3n) is 2.61. The smallest absolute Gasteiger partial charge is 0.156 e. The van der Waals surface area contributed by atoms with Crippen LogP contribution in [0.5, 0.6) is 0 Å². The van der Waals surface area contributed by atoms with Gasteiger partial charge in [0.2, 0.25) is 0 Å². The molecule has 0 spiro atoms. The minimum Gasteiger partial charge on any atom is -0.388 e. The number of aliphatic hydroxyl groups is 1. The van der Waals surface area contributed by atoms with Crippen LogP contribution in [0.2, 0.25) is 0 Å². The summed E-state index contributed by atoms with van der Waals surface area (Å²) in [5.41, 5.74) is 1.89. The van der Waals surface area contributed by atoms with Gasteiger partial charge in [0.15, 0.2) is 5.82 Å². The molecule has 6 heteroatoms. The molecule has 2 N–H and O–H groups in total. The fourth-order valence-corrected chi connectivity index (χ4v) is 2.62. The van der Waals surface area contributed by atoms with Gasteiger partial charge in [0.25, 0.3) is 0 Å². The van der Waals surface area contributed by atoms with Crippen molar-refractivity contribution in [2.75, 3.05) is 5.32 Å². The second-order valence-corrected chi connectivity index (χ2v) is 5.29. The normalized spacial score (nSPS) is 10.8. The molecule has 0 unspecified atom stereocenters. The Morgan fingerprint density at radius 1 is 1.26 bits per heavy atom. The van der Waals surface area contributed by atoms with E-state index in [2.05, 4.69) is 20.3 Å². The summed E-state index contributed by atoms with van der Waals surface area (Å²) >= 11 is 1.68. The van der Waals surface area contributed by atoms with Crippen LogP contribution in [0.15, 0.2) is 30.5 Å².